The highest BCUT2D eigenvalue weighted by atomic mass is 16.7. The molecular formula is C16H26O11. The van der Waals surface area contributed by atoms with E-state index < -0.39 is 68.0 Å². The first-order valence-corrected chi connectivity index (χ1v) is 8.52. The van der Waals surface area contributed by atoms with E-state index in [1.54, 1.807) is 0 Å². The normalized spacial score (nSPS) is 37.1. The fraction of sp³-hybridized carbons (Fsp3) is 0.812. The van der Waals surface area contributed by atoms with Crippen LogP contribution in [-0.4, -0.2) is 111 Å². The summed E-state index contributed by atoms with van der Waals surface area (Å²) in [6, 6.07) is 0. The zero-order chi connectivity index (χ0) is 20.3. The van der Waals surface area contributed by atoms with E-state index in [0.29, 0.717) is 0 Å². The lowest BCUT2D eigenvalue weighted by molar-refractivity contribution is -0.303. The number of aliphatic hydroxyl groups excluding tert-OH is 7. The molecule has 2 heterocycles. The van der Waals surface area contributed by atoms with Gasteiger partial charge in [-0.3, -0.25) is 0 Å². The summed E-state index contributed by atoms with van der Waals surface area (Å²) in [6.07, 6.45) is -9.79. The third-order valence-electron chi connectivity index (χ3n) is 4.75. The molecule has 0 aromatic heterocycles. The van der Waals surface area contributed by atoms with Crippen molar-refractivity contribution < 1.29 is 54.8 Å². The van der Waals surface area contributed by atoms with Gasteiger partial charge in [0.15, 0.2) is 6.29 Å². The summed E-state index contributed by atoms with van der Waals surface area (Å²) in [7, 11) is 0. The van der Waals surface area contributed by atoms with Gasteiger partial charge in [-0.1, -0.05) is 0 Å². The van der Waals surface area contributed by atoms with Crippen LogP contribution >= 0.6 is 0 Å². The lowest BCUT2D eigenvalue weighted by Gasteiger charge is -2.40. The molecule has 2 aliphatic rings. The Morgan fingerprint density at radius 2 is 1.81 bits per heavy atom. The summed E-state index contributed by atoms with van der Waals surface area (Å²) in [5.74, 6) is -1.78. The molecule has 0 aliphatic carbocycles. The van der Waals surface area contributed by atoms with Crippen LogP contribution in [-0.2, 0) is 19.0 Å². The van der Waals surface area contributed by atoms with Crippen LogP contribution in [0.3, 0.4) is 0 Å². The number of ether oxygens (including phenoxy) is 3. The zero-order valence-corrected chi connectivity index (χ0v) is 14.7. The number of cyclic esters (lactones) is 1. The van der Waals surface area contributed by atoms with Crippen molar-refractivity contribution >= 4 is 5.97 Å². The molecule has 0 amide bonds. The number of aliphatic hydroxyl groups is 7. The molecule has 2 rings (SSSR count). The van der Waals surface area contributed by atoms with Crippen molar-refractivity contribution in [2.45, 2.75) is 49.8 Å². The highest BCUT2D eigenvalue weighted by Crippen LogP contribution is 2.29. The van der Waals surface area contributed by atoms with E-state index in [4.69, 9.17) is 14.2 Å². The molecule has 1 fully saturated rings. The summed E-state index contributed by atoms with van der Waals surface area (Å²) < 4.78 is 15.4. The van der Waals surface area contributed by atoms with E-state index in [1.807, 2.05) is 0 Å². The Hall–Kier alpha value is -1.15. The average Bonchev–Trinajstić information content (AvgIpc) is 2.64. The van der Waals surface area contributed by atoms with Crippen molar-refractivity contribution in [2.24, 2.45) is 5.92 Å². The fourth-order valence-electron chi connectivity index (χ4n) is 3.17. The van der Waals surface area contributed by atoms with Crippen LogP contribution in [0.25, 0.3) is 0 Å². The first-order chi connectivity index (χ1) is 12.7. The Morgan fingerprint density at radius 3 is 2.37 bits per heavy atom. The molecule has 0 unspecified atom stereocenters. The smallest absolute Gasteiger partial charge is 0.336 e. The quantitative estimate of drug-likeness (QED) is 0.209. The highest BCUT2D eigenvalue weighted by molar-refractivity contribution is 5.90. The lowest BCUT2D eigenvalue weighted by Crippen LogP contribution is -2.59. The summed E-state index contributed by atoms with van der Waals surface area (Å²) in [6.45, 7) is -0.663. The highest BCUT2D eigenvalue weighted by Gasteiger charge is 2.45. The first-order valence-electron chi connectivity index (χ1n) is 8.52. The molecular weight excluding hydrogens is 368 g/mol. The number of hydrogen-bond acceptors (Lipinski definition) is 11. The number of carbonyl (C=O) groups excluding carboxylic acids is 1. The van der Waals surface area contributed by atoms with Gasteiger partial charge in [-0.2, -0.15) is 0 Å². The number of esters is 1. The van der Waals surface area contributed by atoms with Crippen molar-refractivity contribution in [3.8, 4) is 0 Å². The number of rotatable bonds is 7. The number of carbonyl (C=O) groups is 1. The molecule has 0 spiro atoms. The van der Waals surface area contributed by atoms with Crippen LogP contribution in [0.1, 0.15) is 6.92 Å². The molecule has 0 aromatic rings. The van der Waals surface area contributed by atoms with E-state index in [1.165, 1.54) is 6.92 Å². The minimum Gasteiger partial charge on any atom is -0.459 e. The van der Waals surface area contributed by atoms with Crippen molar-refractivity contribution in [3.63, 3.8) is 0 Å². The summed E-state index contributed by atoms with van der Waals surface area (Å²) in [5, 5.41) is 68.4. The van der Waals surface area contributed by atoms with Crippen LogP contribution in [0.2, 0.25) is 0 Å². The van der Waals surface area contributed by atoms with E-state index in [2.05, 4.69) is 0 Å². The average molecular weight is 394 g/mol. The summed E-state index contributed by atoms with van der Waals surface area (Å²) >= 11 is 0. The predicted octanol–water partition coefficient (Wildman–Crippen LogP) is -3.99. The van der Waals surface area contributed by atoms with Crippen molar-refractivity contribution in [3.05, 3.63) is 11.1 Å². The molecule has 11 nitrogen and oxygen atoms in total. The Labute approximate surface area is 155 Å². The standard InChI is InChI=1S/C16H26O11/c1-6(19)8(11-7(2-17)15(24)25-5-9(11)20)4-26-16-14(23)13(22)12(21)10(3-18)27-16/h6,8-10,12-14,16-23H,2-5H2,1H3/t6-,8+,9-,10+,12+,13-,14+,16+/m0/s1. The molecule has 8 atom stereocenters. The number of hydrogen-bond donors (Lipinski definition) is 7. The van der Waals surface area contributed by atoms with Gasteiger partial charge in [-0.15, -0.1) is 0 Å². The maximum Gasteiger partial charge on any atom is 0.336 e. The van der Waals surface area contributed by atoms with Gasteiger partial charge in [0.1, 0.15) is 37.1 Å². The molecule has 27 heavy (non-hydrogen) atoms. The van der Waals surface area contributed by atoms with E-state index in [-0.39, 0.29) is 24.4 Å². The van der Waals surface area contributed by atoms with Gasteiger partial charge in [0.2, 0.25) is 0 Å². The molecule has 7 N–H and O–H groups in total. The molecule has 0 aromatic carbocycles. The molecule has 156 valence electrons. The van der Waals surface area contributed by atoms with Crippen LogP contribution in [0.5, 0.6) is 0 Å². The second kappa shape index (κ2) is 9.37. The van der Waals surface area contributed by atoms with Gasteiger partial charge in [0.25, 0.3) is 0 Å². The van der Waals surface area contributed by atoms with Gasteiger partial charge in [-0.05, 0) is 12.5 Å². The Bertz CT molecular complexity index is 546. The molecule has 0 bridgehead atoms. The molecule has 11 heteroatoms. The molecule has 0 saturated carbocycles. The first kappa shape index (κ1) is 22.1. The third-order valence-corrected chi connectivity index (χ3v) is 4.75. The van der Waals surface area contributed by atoms with Crippen LogP contribution in [0.15, 0.2) is 11.1 Å². The largest absolute Gasteiger partial charge is 0.459 e. The van der Waals surface area contributed by atoms with Gasteiger partial charge < -0.3 is 50.0 Å². The van der Waals surface area contributed by atoms with Crippen molar-refractivity contribution in [1.82, 2.24) is 0 Å². The predicted molar refractivity (Wildman–Crippen MR) is 86.0 cm³/mol. The van der Waals surface area contributed by atoms with Crippen molar-refractivity contribution in [2.75, 3.05) is 26.4 Å². The van der Waals surface area contributed by atoms with E-state index >= 15 is 0 Å². The summed E-state index contributed by atoms with van der Waals surface area (Å²) in [5.41, 5.74) is -0.148. The van der Waals surface area contributed by atoms with Gasteiger partial charge in [0.05, 0.1) is 31.5 Å². The van der Waals surface area contributed by atoms with Crippen LogP contribution < -0.4 is 0 Å². The van der Waals surface area contributed by atoms with Crippen LogP contribution in [0.4, 0.5) is 0 Å². The van der Waals surface area contributed by atoms with Gasteiger partial charge in [0, 0.05) is 5.92 Å². The maximum absolute atomic E-state index is 11.8. The Morgan fingerprint density at radius 1 is 1.15 bits per heavy atom. The molecule has 1 saturated heterocycles. The lowest BCUT2D eigenvalue weighted by atomic mass is 9.86. The van der Waals surface area contributed by atoms with Crippen molar-refractivity contribution in [1.29, 1.82) is 0 Å². The second-order valence-corrected chi connectivity index (χ2v) is 6.58. The minimum absolute atomic E-state index is 0.0494. The van der Waals surface area contributed by atoms with Crippen LogP contribution in [0, 0.1) is 5.92 Å². The summed E-state index contributed by atoms with van der Waals surface area (Å²) in [4.78, 5) is 11.8. The van der Waals surface area contributed by atoms with Gasteiger partial charge in [-0.25, -0.2) is 4.79 Å². The third kappa shape index (κ3) is 4.65. The second-order valence-electron chi connectivity index (χ2n) is 6.58. The van der Waals surface area contributed by atoms with E-state index in [9.17, 15) is 40.5 Å². The molecule has 2 aliphatic heterocycles. The minimum atomic E-state index is -1.63. The maximum atomic E-state index is 11.8. The monoisotopic (exact) mass is 394 g/mol. The SMILES string of the molecule is C[C@H](O)[C@@H](CO[C@@H]1O[C@H](CO)[C@@H](O)[C@H](O)[C@H]1O)C1=C(CO)C(=O)OC[C@@H]1O. The topological polar surface area (TPSA) is 186 Å². The van der Waals surface area contributed by atoms with E-state index in [0.717, 1.165) is 0 Å². The Kier molecular flexibility index (Phi) is 7.68. The molecule has 0 radical (unpaired) electrons. The zero-order valence-electron chi connectivity index (χ0n) is 14.7. The fourth-order valence-corrected chi connectivity index (χ4v) is 3.17. The van der Waals surface area contributed by atoms with Gasteiger partial charge >= 0.3 is 5.97 Å². The Balaban J connectivity index is 2.18.